The largest absolute Gasteiger partial charge is 0.339 e. The molecule has 0 fully saturated rings. The van der Waals surface area contributed by atoms with E-state index in [4.69, 9.17) is 4.52 Å². The molecule has 0 radical (unpaired) electrons. The number of aryl methyl sites for hydroxylation is 3. The van der Waals surface area contributed by atoms with Crippen LogP contribution in [0.3, 0.4) is 0 Å². The number of rotatable bonds is 3. The zero-order chi connectivity index (χ0) is 16.7. The van der Waals surface area contributed by atoms with Crippen molar-refractivity contribution in [2.75, 3.05) is 0 Å². The molecule has 0 aromatic carbocycles. The van der Waals surface area contributed by atoms with Crippen molar-refractivity contribution in [3.63, 3.8) is 0 Å². The van der Waals surface area contributed by atoms with Crippen LogP contribution in [0.2, 0.25) is 0 Å². The van der Waals surface area contributed by atoms with Crippen LogP contribution in [0.15, 0.2) is 35.1 Å². The van der Waals surface area contributed by atoms with Gasteiger partial charge in [0.1, 0.15) is 0 Å². The molecule has 0 aliphatic heterocycles. The Morgan fingerprint density at radius 2 is 1.92 bits per heavy atom. The molecule has 0 spiro atoms. The molecule has 4 rings (SSSR count). The lowest BCUT2D eigenvalue weighted by Gasteiger charge is -2.00. The number of nitrogens with zero attached hydrogens (tertiary/aromatic N) is 6. The molecule has 0 bridgehead atoms. The van der Waals surface area contributed by atoms with E-state index in [-0.39, 0.29) is 0 Å². The maximum atomic E-state index is 5.38. The van der Waals surface area contributed by atoms with Crippen molar-refractivity contribution in [1.29, 1.82) is 0 Å². The summed E-state index contributed by atoms with van der Waals surface area (Å²) in [5.41, 5.74) is 5.44. The van der Waals surface area contributed by atoms with Gasteiger partial charge in [-0.3, -0.25) is 4.98 Å². The lowest BCUT2D eigenvalue weighted by atomic mass is 10.2. The molecule has 0 aliphatic carbocycles. The molecule has 0 saturated heterocycles. The zero-order valence-electron chi connectivity index (χ0n) is 13.7. The number of aromatic nitrogens is 6. The zero-order valence-corrected chi connectivity index (χ0v) is 13.7. The fraction of sp³-hybridized carbons (Fsp3) is 0.235. The van der Waals surface area contributed by atoms with E-state index < -0.39 is 0 Å². The fourth-order valence-corrected chi connectivity index (χ4v) is 2.64. The van der Waals surface area contributed by atoms with E-state index in [9.17, 15) is 0 Å². The van der Waals surface area contributed by atoms with Crippen molar-refractivity contribution in [2.24, 2.45) is 0 Å². The van der Waals surface area contributed by atoms with Gasteiger partial charge in [0.15, 0.2) is 5.65 Å². The second kappa shape index (κ2) is 5.52. The Labute approximate surface area is 138 Å². The van der Waals surface area contributed by atoms with Gasteiger partial charge in [0, 0.05) is 23.3 Å². The van der Waals surface area contributed by atoms with Gasteiger partial charge in [-0.05, 0) is 38.5 Å². The minimum atomic E-state index is 0.498. The van der Waals surface area contributed by atoms with Crippen LogP contribution < -0.4 is 0 Å². The standard InChI is InChI=1S/C17H16N6O/c1-10-4-5-13(8-18-10)7-15-21-16(22-24-15)14-9-19-23-12(3)6-11(2)20-17(14)23/h4-6,8-9H,7H2,1-3H3. The fourth-order valence-electron chi connectivity index (χ4n) is 2.64. The topological polar surface area (TPSA) is 82.0 Å². The highest BCUT2D eigenvalue weighted by atomic mass is 16.5. The van der Waals surface area contributed by atoms with Crippen LogP contribution in [0.25, 0.3) is 17.0 Å². The third-order valence-electron chi connectivity index (χ3n) is 3.81. The maximum absolute atomic E-state index is 5.38. The molecule has 7 nitrogen and oxygen atoms in total. The summed E-state index contributed by atoms with van der Waals surface area (Å²) in [5, 5.41) is 8.44. The van der Waals surface area contributed by atoms with Gasteiger partial charge in [-0.1, -0.05) is 11.2 Å². The summed E-state index contributed by atoms with van der Waals surface area (Å²) in [6.07, 6.45) is 4.09. The molecular formula is C17H16N6O. The third-order valence-corrected chi connectivity index (χ3v) is 3.81. The molecule has 0 atom stereocenters. The highest BCUT2D eigenvalue weighted by Crippen LogP contribution is 2.22. The van der Waals surface area contributed by atoms with Crippen LogP contribution in [-0.2, 0) is 6.42 Å². The summed E-state index contributed by atoms with van der Waals surface area (Å²) < 4.78 is 7.16. The van der Waals surface area contributed by atoms with E-state index >= 15 is 0 Å². The van der Waals surface area contributed by atoms with Gasteiger partial charge in [0.05, 0.1) is 18.2 Å². The molecule has 0 unspecified atom stereocenters. The van der Waals surface area contributed by atoms with Crippen LogP contribution in [-0.4, -0.2) is 29.7 Å². The summed E-state index contributed by atoms with van der Waals surface area (Å²) in [6, 6.07) is 5.96. The van der Waals surface area contributed by atoms with Crippen LogP contribution in [0.4, 0.5) is 0 Å². The first kappa shape index (κ1) is 14.5. The summed E-state index contributed by atoms with van der Waals surface area (Å²) >= 11 is 0. The summed E-state index contributed by atoms with van der Waals surface area (Å²) in [5.74, 6) is 1.04. The molecule has 4 aromatic rings. The number of fused-ring (bicyclic) bond motifs is 1. The van der Waals surface area contributed by atoms with E-state index in [0.29, 0.717) is 18.1 Å². The first-order valence-corrected chi connectivity index (χ1v) is 7.66. The van der Waals surface area contributed by atoms with E-state index in [1.54, 1.807) is 10.7 Å². The van der Waals surface area contributed by atoms with Crippen LogP contribution in [0.5, 0.6) is 0 Å². The van der Waals surface area contributed by atoms with Gasteiger partial charge in [-0.15, -0.1) is 0 Å². The minimum absolute atomic E-state index is 0.498. The SMILES string of the molecule is Cc1ccc(Cc2nc(-c3cnn4c(C)cc(C)nc34)no2)cn1. The van der Waals surface area contributed by atoms with Gasteiger partial charge in [0.2, 0.25) is 11.7 Å². The molecule has 24 heavy (non-hydrogen) atoms. The molecule has 0 N–H and O–H groups in total. The number of hydrogen-bond donors (Lipinski definition) is 0. The Kier molecular flexibility index (Phi) is 3.34. The lowest BCUT2D eigenvalue weighted by Crippen LogP contribution is -1.97. The van der Waals surface area contributed by atoms with Crippen molar-refractivity contribution in [2.45, 2.75) is 27.2 Å². The highest BCUT2D eigenvalue weighted by molar-refractivity contribution is 5.72. The molecular weight excluding hydrogens is 304 g/mol. The van der Waals surface area contributed by atoms with Crippen molar-refractivity contribution in [1.82, 2.24) is 29.7 Å². The van der Waals surface area contributed by atoms with Gasteiger partial charge >= 0.3 is 0 Å². The quantitative estimate of drug-likeness (QED) is 0.577. The molecule has 7 heteroatoms. The monoisotopic (exact) mass is 320 g/mol. The average Bonchev–Trinajstić information content (AvgIpc) is 3.16. The van der Waals surface area contributed by atoms with E-state index in [0.717, 1.165) is 33.9 Å². The van der Waals surface area contributed by atoms with Gasteiger partial charge in [-0.25, -0.2) is 9.50 Å². The Morgan fingerprint density at radius 3 is 2.71 bits per heavy atom. The Bertz CT molecular complexity index is 1020. The van der Waals surface area contributed by atoms with Crippen molar-refractivity contribution in [3.8, 4) is 11.4 Å². The third kappa shape index (κ3) is 2.54. The second-order valence-corrected chi connectivity index (χ2v) is 5.83. The van der Waals surface area contributed by atoms with E-state index in [1.165, 1.54) is 0 Å². The maximum Gasteiger partial charge on any atom is 0.231 e. The van der Waals surface area contributed by atoms with Gasteiger partial charge < -0.3 is 4.52 Å². The highest BCUT2D eigenvalue weighted by Gasteiger charge is 2.16. The lowest BCUT2D eigenvalue weighted by molar-refractivity contribution is 0.385. The van der Waals surface area contributed by atoms with E-state index in [1.807, 2.05) is 45.2 Å². The summed E-state index contributed by atoms with van der Waals surface area (Å²) in [4.78, 5) is 13.3. The molecule has 4 heterocycles. The van der Waals surface area contributed by atoms with Crippen molar-refractivity contribution >= 4 is 5.65 Å². The van der Waals surface area contributed by atoms with E-state index in [2.05, 4.69) is 25.2 Å². The molecule has 0 aliphatic rings. The number of hydrogen-bond acceptors (Lipinski definition) is 6. The second-order valence-electron chi connectivity index (χ2n) is 5.83. The molecule has 4 aromatic heterocycles. The summed E-state index contributed by atoms with van der Waals surface area (Å²) in [6.45, 7) is 5.90. The van der Waals surface area contributed by atoms with Crippen LogP contribution in [0.1, 0.15) is 28.5 Å². The normalized spacial score (nSPS) is 11.3. The Morgan fingerprint density at radius 1 is 1.04 bits per heavy atom. The van der Waals surface area contributed by atoms with Crippen LogP contribution in [0, 0.1) is 20.8 Å². The molecule has 120 valence electrons. The van der Waals surface area contributed by atoms with Crippen LogP contribution >= 0.6 is 0 Å². The smallest absolute Gasteiger partial charge is 0.231 e. The first-order chi connectivity index (χ1) is 11.6. The Hall–Kier alpha value is -3.09. The summed E-state index contributed by atoms with van der Waals surface area (Å²) in [7, 11) is 0. The van der Waals surface area contributed by atoms with Gasteiger partial charge in [0.25, 0.3) is 0 Å². The van der Waals surface area contributed by atoms with Gasteiger partial charge in [-0.2, -0.15) is 10.1 Å². The molecule has 0 amide bonds. The first-order valence-electron chi connectivity index (χ1n) is 7.66. The minimum Gasteiger partial charge on any atom is -0.339 e. The van der Waals surface area contributed by atoms with Crippen molar-refractivity contribution < 1.29 is 4.52 Å². The van der Waals surface area contributed by atoms with Crippen molar-refractivity contribution in [3.05, 3.63) is 59.1 Å². The molecule has 0 saturated carbocycles. The Balaban J connectivity index is 1.69. The average molecular weight is 320 g/mol. The predicted molar refractivity (Wildman–Crippen MR) is 87.5 cm³/mol. The number of pyridine rings is 1. The predicted octanol–water partition coefficient (Wildman–Crippen LogP) is 2.69.